The van der Waals surface area contributed by atoms with Gasteiger partial charge < -0.3 is 9.15 Å². The van der Waals surface area contributed by atoms with E-state index >= 15 is 0 Å². The van der Waals surface area contributed by atoms with Crippen LogP contribution in [0.3, 0.4) is 0 Å². The first-order valence-corrected chi connectivity index (χ1v) is 8.19. The molecule has 5 nitrogen and oxygen atoms in total. The van der Waals surface area contributed by atoms with Gasteiger partial charge in [-0.2, -0.15) is 0 Å². The maximum Gasteiger partial charge on any atom is 0.241 e. The largest absolute Gasteiger partial charge is 0.491 e. The SMILES string of the molecule is CC(C)Oc1ccc(S(=O)(=O)NC(C)c2ccco2)cc1. The second kappa shape index (κ2) is 6.32. The van der Waals surface area contributed by atoms with E-state index in [1.54, 1.807) is 31.2 Å². The summed E-state index contributed by atoms with van der Waals surface area (Å²) in [5.74, 6) is 1.21. The highest BCUT2D eigenvalue weighted by Crippen LogP contribution is 2.20. The van der Waals surface area contributed by atoms with Gasteiger partial charge in [0.2, 0.25) is 10.0 Å². The van der Waals surface area contributed by atoms with Crippen molar-refractivity contribution in [2.75, 3.05) is 0 Å². The Balaban J connectivity index is 2.12. The number of hydrogen-bond donors (Lipinski definition) is 1. The summed E-state index contributed by atoms with van der Waals surface area (Å²) < 4.78 is 37.8. The quantitative estimate of drug-likeness (QED) is 0.890. The molecule has 1 aromatic heterocycles. The van der Waals surface area contributed by atoms with E-state index in [0.29, 0.717) is 11.5 Å². The third-order valence-electron chi connectivity index (χ3n) is 2.81. The molecule has 1 N–H and O–H groups in total. The van der Waals surface area contributed by atoms with Crippen molar-refractivity contribution in [3.63, 3.8) is 0 Å². The molecule has 0 aliphatic carbocycles. The van der Waals surface area contributed by atoms with Gasteiger partial charge in [-0.3, -0.25) is 0 Å². The van der Waals surface area contributed by atoms with E-state index in [0.717, 1.165) is 0 Å². The van der Waals surface area contributed by atoms with Gasteiger partial charge in [0, 0.05) is 0 Å². The first-order chi connectivity index (χ1) is 9.88. The molecule has 0 fully saturated rings. The molecule has 0 saturated heterocycles. The zero-order valence-corrected chi connectivity index (χ0v) is 13.1. The second-order valence-corrected chi connectivity index (χ2v) is 6.71. The van der Waals surface area contributed by atoms with Crippen LogP contribution in [0.25, 0.3) is 0 Å². The minimum atomic E-state index is -3.60. The molecule has 2 aromatic rings. The van der Waals surface area contributed by atoms with Gasteiger partial charge in [-0.15, -0.1) is 0 Å². The van der Waals surface area contributed by atoms with Crippen molar-refractivity contribution < 1.29 is 17.6 Å². The van der Waals surface area contributed by atoms with Gasteiger partial charge in [-0.25, -0.2) is 13.1 Å². The van der Waals surface area contributed by atoms with Gasteiger partial charge in [0.1, 0.15) is 11.5 Å². The number of furan rings is 1. The van der Waals surface area contributed by atoms with Gasteiger partial charge in [0.25, 0.3) is 0 Å². The molecule has 21 heavy (non-hydrogen) atoms. The van der Waals surface area contributed by atoms with E-state index < -0.39 is 16.1 Å². The third-order valence-corrected chi connectivity index (χ3v) is 4.36. The molecule has 1 aromatic carbocycles. The van der Waals surface area contributed by atoms with Crippen molar-refractivity contribution in [2.45, 2.75) is 37.8 Å². The Morgan fingerprint density at radius 1 is 1.10 bits per heavy atom. The molecule has 0 spiro atoms. The van der Waals surface area contributed by atoms with Crippen LogP contribution < -0.4 is 9.46 Å². The zero-order valence-electron chi connectivity index (χ0n) is 12.2. The molecule has 1 unspecified atom stereocenters. The second-order valence-electron chi connectivity index (χ2n) is 5.00. The summed E-state index contributed by atoms with van der Waals surface area (Å²) in [6.45, 7) is 5.56. The molecular formula is C15H19NO4S. The summed E-state index contributed by atoms with van der Waals surface area (Å²) in [6, 6.07) is 9.35. The zero-order chi connectivity index (χ0) is 15.5. The monoisotopic (exact) mass is 309 g/mol. The Morgan fingerprint density at radius 3 is 2.29 bits per heavy atom. The van der Waals surface area contributed by atoms with Crippen LogP contribution in [0.1, 0.15) is 32.6 Å². The molecule has 0 radical (unpaired) electrons. The molecular weight excluding hydrogens is 290 g/mol. The summed E-state index contributed by atoms with van der Waals surface area (Å²) in [5.41, 5.74) is 0. The number of sulfonamides is 1. The van der Waals surface area contributed by atoms with Crippen molar-refractivity contribution >= 4 is 10.0 Å². The van der Waals surface area contributed by atoms with Crippen molar-refractivity contribution in [2.24, 2.45) is 0 Å². The fourth-order valence-electron chi connectivity index (χ4n) is 1.87. The lowest BCUT2D eigenvalue weighted by Crippen LogP contribution is -2.26. The van der Waals surface area contributed by atoms with Crippen LogP contribution in [0.15, 0.2) is 52.0 Å². The first-order valence-electron chi connectivity index (χ1n) is 6.71. The standard InChI is InChI=1S/C15H19NO4S/c1-11(2)20-13-6-8-14(9-7-13)21(17,18)16-12(3)15-5-4-10-19-15/h4-12,16H,1-3H3. The smallest absolute Gasteiger partial charge is 0.241 e. The van der Waals surface area contributed by atoms with Gasteiger partial charge >= 0.3 is 0 Å². The van der Waals surface area contributed by atoms with Crippen LogP contribution in [0, 0.1) is 0 Å². The summed E-state index contributed by atoms with van der Waals surface area (Å²) in [6.07, 6.45) is 1.56. The maximum atomic E-state index is 12.3. The normalized spacial score (nSPS) is 13.3. The van der Waals surface area contributed by atoms with Gasteiger partial charge in [0.15, 0.2) is 0 Å². The number of nitrogens with one attached hydrogen (secondary N) is 1. The van der Waals surface area contributed by atoms with Gasteiger partial charge in [-0.1, -0.05) is 0 Å². The maximum absolute atomic E-state index is 12.3. The average Bonchev–Trinajstić information content (AvgIpc) is 2.92. The van der Waals surface area contributed by atoms with Crippen LogP contribution in [0.2, 0.25) is 0 Å². The van der Waals surface area contributed by atoms with Crippen molar-refractivity contribution in [3.05, 3.63) is 48.4 Å². The predicted molar refractivity (Wildman–Crippen MR) is 79.7 cm³/mol. The highest BCUT2D eigenvalue weighted by atomic mass is 32.2. The van der Waals surface area contributed by atoms with Crippen molar-refractivity contribution in [3.8, 4) is 5.75 Å². The predicted octanol–water partition coefficient (Wildman–Crippen LogP) is 3.11. The molecule has 6 heteroatoms. The Labute approximate surface area is 125 Å². The highest BCUT2D eigenvalue weighted by molar-refractivity contribution is 7.89. The Hall–Kier alpha value is -1.79. The average molecular weight is 309 g/mol. The first kappa shape index (κ1) is 15.6. The topological polar surface area (TPSA) is 68.5 Å². The lowest BCUT2D eigenvalue weighted by molar-refractivity contribution is 0.242. The number of hydrogen-bond acceptors (Lipinski definition) is 4. The lowest BCUT2D eigenvalue weighted by atomic mass is 10.3. The van der Waals surface area contributed by atoms with Crippen molar-refractivity contribution in [1.29, 1.82) is 0 Å². The summed E-state index contributed by atoms with van der Waals surface area (Å²) in [7, 11) is -3.60. The van der Waals surface area contributed by atoms with Crippen LogP contribution >= 0.6 is 0 Å². The van der Waals surface area contributed by atoms with E-state index in [1.807, 2.05) is 13.8 Å². The van der Waals surface area contributed by atoms with Crippen LogP contribution in [-0.4, -0.2) is 14.5 Å². The molecule has 0 aliphatic rings. The van der Waals surface area contributed by atoms with Crippen LogP contribution in [0.4, 0.5) is 0 Å². The van der Waals surface area contributed by atoms with Crippen LogP contribution in [0.5, 0.6) is 5.75 Å². The molecule has 1 atom stereocenters. The minimum Gasteiger partial charge on any atom is -0.491 e. The fourth-order valence-corrected chi connectivity index (χ4v) is 3.08. The van der Waals surface area contributed by atoms with Gasteiger partial charge in [0.05, 0.1) is 23.3 Å². The lowest BCUT2D eigenvalue weighted by Gasteiger charge is -2.13. The van der Waals surface area contributed by atoms with Crippen molar-refractivity contribution in [1.82, 2.24) is 4.72 Å². The molecule has 1 heterocycles. The Kier molecular flexibility index (Phi) is 4.69. The van der Waals surface area contributed by atoms with Crippen LogP contribution in [-0.2, 0) is 10.0 Å². The van der Waals surface area contributed by atoms with Gasteiger partial charge in [-0.05, 0) is 57.2 Å². The molecule has 114 valence electrons. The molecule has 0 amide bonds. The minimum absolute atomic E-state index is 0.0459. The van der Waals surface area contributed by atoms with E-state index in [9.17, 15) is 8.42 Å². The number of rotatable bonds is 6. The highest BCUT2D eigenvalue weighted by Gasteiger charge is 2.19. The third kappa shape index (κ3) is 4.09. The summed E-state index contributed by atoms with van der Waals surface area (Å²) in [4.78, 5) is 0.192. The van der Waals surface area contributed by atoms with E-state index in [4.69, 9.17) is 9.15 Å². The molecule has 0 saturated carbocycles. The molecule has 0 aliphatic heterocycles. The fraction of sp³-hybridized carbons (Fsp3) is 0.333. The summed E-state index contributed by atoms with van der Waals surface area (Å²) in [5, 5.41) is 0. The Morgan fingerprint density at radius 2 is 1.76 bits per heavy atom. The Bertz CT molecular complexity index is 660. The number of benzene rings is 1. The van der Waals surface area contributed by atoms with E-state index in [-0.39, 0.29) is 11.0 Å². The molecule has 0 bridgehead atoms. The number of ether oxygens (including phenoxy) is 1. The molecule has 2 rings (SSSR count). The van der Waals surface area contributed by atoms with E-state index in [1.165, 1.54) is 18.4 Å². The van der Waals surface area contributed by atoms with E-state index in [2.05, 4.69) is 4.72 Å². The summed E-state index contributed by atoms with van der Waals surface area (Å²) >= 11 is 0.